The lowest BCUT2D eigenvalue weighted by molar-refractivity contribution is -0.116. The number of amides is 1. The van der Waals surface area contributed by atoms with E-state index in [4.69, 9.17) is 4.74 Å². The van der Waals surface area contributed by atoms with Gasteiger partial charge in [0, 0.05) is 23.4 Å². The number of hydrogen-bond acceptors (Lipinski definition) is 6. The van der Waals surface area contributed by atoms with Crippen molar-refractivity contribution in [2.24, 2.45) is 0 Å². The molecule has 30 heavy (non-hydrogen) atoms. The number of anilines is 1. The minimum absolute atomic E-state index is 0.114. The molecule has 0 bridgehead atoms. The van der Waals surface area contributed by atoms with E-state index < -0.39 is 5.97 Å². The van der Waals surface area contributed by atoms with Crippen LogP contribution in [0.15, 0.2) is 23.0 Å². The maximum atomic E-state index is 12.6. The smallest absolute Gasteiger partial charge is 0.337 e. The van der Waals surface area contributed by atoms with E-state index in [1.165, 1.54) is 12.0 Å². The van der Waals surface area contributed by atoms with Crippen LogP contribution < -0.4 is 10.9 Å². The van der Waals surface area contributed by atoms with E-state index in [1.807, 2.05) is 6.92 Å². The molecule has 1 amide bonds. The fourth-order valence-electron chi connectivity index (χ4n) is 3.77. The number of ether oxygens (including phenoxy) is 1. The number of carbonyl (C=O) groups excluding carboxylic acids is 2. The van der Waals surface area contributed by atoms with Crippen LogP contribution in [-0.2, 0) is 28.8 Å². The van der Waals surface area contributed by atoms with Crippen LogP contribution >= 0.6 is 11.3 Å². The molecule has 0 atom stereocenters. The first-order chi connectivity index (χ1) is 14.5. The van der Waals surface area contributed by atoms with Crippen LogP contribution in [0.2, 0.25) is 0 Å². The molecular weight excluding hydrogens is 402 g/mol. The van der Waals surface area contributed by atoms with Gasteiger partial charge in [-0.25, -0.2) is 9.78 Å². The number of aromatic nitrogens is 2. The van der Waals surface area contributed by atoms with E-state index in [2.05, 4.69) is 15.3 Å². The van der Waals surface area contributed by atoms with Crippen molar-refractivity contribution in [3.63, 3.8) is 0 Å². The highest BCUT2D eigenvalue weighted by Gasteiger charge is 2.20. The molecule has 0 saturated heterocycles. The van der Waals surface area contributed by atoms with Gasteiger partial charge in [0.1, 0.15) is 10.7 Å². The van der Waals surface area contributed by atoms with Gasteiger partial charge in [-0.2, -0.15) is 0 Å². The summed E-state index contributed by atoms with van der Waals surface area (Å²) in [5.74, 6) is -0.158. The average Bonchev–Trinajstić information content (AvgIpc) is 3.12. The summed E-state index contributed by atoms with van der Waals surface area (Å²) in [7, 11) is 1.31. The lowest BCUT2D eigenvalue weighted by atomic mass is 9.97. The number of H-pyrrole nitrogens is 1. The Morgan fingerprint density at radius 3 is 2.87 bits per heavy atom. The minimum atomic E-state index is -0.459. The van der Waals surface area contributed by atoms with E-state index in [9.17, 15) is 14.4 Å². The maximum Gasteiger partial charge on any atom is 0.337 e. The van der Waals surface area contributed by atoms with E-state index >= 15 is 0 Å². The average molecular weight is 426 g/mol. The van der Waals surface area contributed by atoms with Crippen molar-refractivity contribution < 1.29 is 14.3 Å². The topological polar surface area (TPSA) is 101 Å². The summed E-state index contributed by atoms with van der Waals surface area (Å²) in [6.45, 7) is 1.85. The normalized spacial score (nSPS) is 13.1. The molecular formula is C22H23N3O4S. The molecule has 0 saturated carbocycles. The molecule has 0 aliphatic heterocycles. The number of thiophene rings is 1. The van der Waals surface area contributed by atoms with Crippen molar-refractivity contribution in [3.8, 4) is 0 Å². The molecule has 0 unspecified atom stereocenters. The Morgan fingerprint density at radius 2 is 2.07 bits per heavy atom. The number of aryl methyl sites for hydroxylation is 4. The number of esters is 1. The van der Waals surface area contributed by atoms with Gasteiger partial charge in [0.25, 0.3) is 5.56 Å². The third kappa shape index (κ3) is 4.00. The van der Waals surface area contributed by atoms with Crippen LogP contribution in [0.1, 0.15) is 51.4 Å². The Labute approximate surface area is 177 Å². The predicted molar refractivity (Wildman–Crippen MR) is 116 cm³/mol. The highest BCUT2D eigenvalue weighted by molar-refractivity contribution is 7.18. The monoisotopic (exact) mass is 425 g/mol. The van der Waals surface area contributed by atoms with Gasteiger partial charge in [-0.3, -0.25) is 9.59 Å². The molecule has 7 nitrogen and oxygen atoms in total. The molecule has 2 N–H and O–H groups in total. The molecule has 1 aliphatic carbocycles. The first-order valence-electron chi connectivity index (χ1n) is 9.98. The predicted octanol–water partition coefficient (Wildman–Crippen LogP) is 3.53. The van der Waals surface area contributed by atoms with Crippen LogP contribution in [0.5, 0.6) is 0 Å². The summed E-state index contributed by atoms with van der Waals surface area (Å²) in [5.41, 5.74) is 2.81. The van der Waals surface area contributed by atoms with Gasteiger partial charge < -0.3 is 15.0 Å². The summed E-state index contributed by atoms with van der Waals surface area (Å²) in [6, 6.07) is 5.01. The van der Waals surface area contributed by atoms with Crippen LogP contribution in [-0.4, -0.2) is 29.0 Å². The largest absolute Gasteiger partial charge is 0.465 e. The summed E-state index contributed by atoms with van der Waals surface area (Å²) in [5, 5.41) is 3.55. The van der Waals surface area contributed by atoms with E-state index in [1.54, 1.807) is 29.5 Å². The number of fused-ring (bicyclic) bond motifs is 3. The quantitative estimate of drug-likeness (QED) is 0.609. The van der Waals surface area contributed by atoms with Gasteiger partial charge in [-0.15, -0.1) is 11.3 Å². The molecule has 1 aliphatic rings. The van der Waals surface area contributed by atoms with Gasteiger partial charge >= 0.3 is 5.97 Å². The number of carbonyl (C=O) groups is 2. The zero-order valence-electron chi connectivity index (χ0n) is 17.0. The number of rotatable bonds is 5. The summed E-state index contributed by atoms with van der Waals surface area (Å²) >= 11 is 1.60. The Balaban J connectivity index is 1.47. The fraction of sp³-hybridized carbons (Fsp3) is 0.364. The summed E-state index contributed by atoms with van der Waals surface area (Å²) in [6.07, 6.45) is 4.71. The Morgan fingerprint density at radius 1 is 1.27 bits per heavy atom. The molecule has 156 valence electrons. The van der Waals surface area contributed by atoms with Crippen molar-refractivity contribution in [2.75, 3.05) is 12.4 Å². The Bertz CT molecular complexity index is 1200. The molecule has 4 rings (SSSR count). The zero-order valence-corrected chi connectivity index (χ0v) is 17.8. The molecule has 1 aromatic carbocycles. The summed E-state index contributed by atoms with van der Waals surface area (Å²) < 4.78 is 4.73. The first kappa shape index (κ1) is 20.3. The fourth-order valence-corrected chi connectivity index (χ4v) is 5.05. The highest BCUT2D eigenvalue weighted by Crippen LogP contribution is 2.33. The molecule has 0 fully saturated rings. The zero-order chi connectivity index (χ0) is 21.3. The number of methoxy groups -OCH3 is 1. The minimum Gasteiger partial charge on any atom is -0.465 e. The van der Waals surface area contributed by atoms with Crippen molar-refractivity contribution in [2.45, 2.75) is 45.4 Å². The van der Waals surface area contributed by atoms with Gasteiger partial charge in [0.2, 0.25) is 5.91 Å². The van der Waals surface area contributed by atoms with Crippen LogP contribution in [0.3, 0.4) is 0 Å². The van der Waals surface area contributed by atoms with Crippen LogP contribution in [0.4, 0.5) is 5.69 Å². The van der Waals surface area contributed by atoms with E-state index in [-0.39, 0.29) is 17.9 Å². The molecule has 3 aromatic rings. The van der Waals surface area contributed by atoms with Gasteiger partial charge in [-0.1, -0.05) is 6.07 Å². The second-order valence-corrected chi connectivity index (χ2v) is 8.56. The maximum absolute atomic E-state index is 12.6. The van der Waals surface area contributed by atoms with Crippen molar-refractivity contribution >= 4 is 39.1 Å². The van der Waals surface area contributed by atoms with Crippen LogP contribution in [0.25, 0.3) is 10.2 Å². The lowest BCUT2D eigenvalue weighted by Crippen LogP contribution is -2.17. The highest BCUT2D eigenvalue weighted by atomic mass is 32.1. The van der Waals surface area contributed by atoms with Crippen molar-refractivity contribution in [1.29, 1.82) is 0 Å². The number of nitrogens with one attached hydrogen (secondary N) is 2. The van der Waals surface area contributed by atoms with Crippen LogP contribution in [0, 0.1) is 6.92 Å². The molecule has 0 spiro atoms. The van der Waals surface area contributed by atoms with Gasteiger partial charge in [-0.05, 0) is 55.9 Å². The second-order valence-electron chi connectivity index (χ2n) is 7.47. The third-order valence-electron chi connectivity index (χ3n) is 5.40. The SMILES string of the molecule is COC(=O)c1ccc(C)c(NC(=O)CCc2nc3sc4c(c3c(=O)[nH]2)CCCC4)c1. The molecule has 8 heteroatoms. The second kappa shape index (κ2) is 8.39. The van der Waals surface area contributed by atoms with Crippen molar-refractivity contribution in [3.05, 3.63) is 55.9 Å². The van der Waals surface area contributed by atoms with Crippen molar-refractivity contribution in [1.82, 2.24) is 9.97 Å². The molecule has 0 radical (unpaired) electrons. The lowest BCUT2D eigenvalue weighted by Gasteiger charge is -2.10. The van der Waals surface area contributed by atoms with E-state index in [0.717, 1.165) is 47.0 Å². The Kier molecular flexibility index (Phi) is 5.67. The van der Waals surface area contributed by atoms with Gasteiger partial charge in [0.05, 0.1) is 18.1 Å². The Hall–Kier alpha value is -3.00. The number of hydrogen-bond donors (Lipinski definition) is 2. The molecule has 2 heterocycles. The number of benzene rings is 1. The van der Waals surface area contributed by atoms with E-state index in [0.29, 0.717) is 23.5 Å². The number of aromatic amines is 1. The van der Waals surface area contributed by atoms with Gasteiger partial charge in [0.15, 0.2) is 0 Å². The summed E-state index contributed by atoms with van der Waals surface area (Å²) in [4.78, 5) is 46.3. The third-order valence-corrected chi connectivity index (χ3v) is 6.58. The number of nitrogens with zero attached hydrogens (tertiary/aromatic N) is 1. The standard InChI is InChI=1S/C22H23N3O4S/c1-12-7-8-13(22(28)29-2)11-15(12)23-18(26)10-9-17-24-20(27)19-14-5-3-4-6-16(14)30-21(19)25-17/h7-8,11H,3-6,9-10H2,1-2H3,(H,23,26)(H,24,25,27). The molecule has 2 aromatic heterocycles. The first-order valence-corrected chi connectivity index (χ1v) is 10.8.